The van der Waals surface area contributed by atoms with E-state index in [1.165, 1.54) is 18.2 Å². The summed E-state index contributed by atoms with van der Waals surface area (Å²) in [4.78, 5) is 35.0. The Labute approximate surface area is 172 Å². The Morgan fingerprint density at radius 1 is 1.28 bits per heavy atom. The molecule has 2 N–H and O–H groups in total. The van der Waals surface area contributed by atoms with Gasteiger partial charge in [-0.3, -0.25) is 19.7 Å². The van der Waals surface area contributed by atoms with Gasteiger partial charge in [0.2, 0.25) is 0 Å². The molecule has 4 aliphatic rings. The molecule has 1 aromatic carbocycles. The average molecular weight is 423 g/mol. The van der Waals surface area contributed by atoms with Gasteiger partial charge in [-0.15, -0.1) is 0 Å². The first-order chi connectivity index (χ1) is 13.7. The van der Waals surface area contributed by atoms with Gasteiger partial charge in [-0.1, -0.05) is 11.6 Å². The number of benzene rings is 1. The summed E-state index contributed by atoms with van der Waals surface area (Å²) in [5.74, 6) is -0.236. The first-order valence-corrected chi connectivity index (χ1v) is 10.1. The molecule has 0 aliphatic heterocycles. The molecule has 1 aromatic rings. The largest absolute Gasteiger partial charge is 0.456 e. The van der Waals surface area contributed by atoms with Crippen molar-refractivity contribution in [3.05, 3.63) is 33.3 Å². The van der Waals surface area contributed by atoms with E-state index in [9.17, 15) is 24.8 Å². The highest BCUT2D eigenvalue weighted by atomic mass is 35.5. The molecule has 9 heteroatoms. The number of nitrogens with zero attached hydrogens (tertiary/aromatic N) is 1. The molecule has 5 rings (SSSR count). The Morgan fingerprint density at radius 2 is 1.97 bits per heavy atom. The van der Waals surface area contributed by atoms with Gasteiger partial charge in [-0.25, -0.2) is 0 Å². The number of anilines is 1. The molecule has 29 heavy (non-hydrogen) atoms. The molecule has 4 fully saturated rings. The van der Waals surface area contributed by atoms with Crippen LogP contribution in [0.25, 0.3) is 0 Å². The normalized spacial score (nSPS) is 32.1. The van der Waals surface area contributed by atoms with E-state index in [0.717, 1.165) is 32.1 Å². The van der Waals surface area contributed by atoms with Crippen LogP contribution in [0.1, 0.15) is 44.9 Å². The molecule has 4 bridgehead atoms. The van der Waals surface area contributed by atoms with Crippen LogP contribution in [0.4, 0.5) is 11.4 Å². The maximum atomic E-state index is 12.4. The van der Waals surface area contributed by atoms with E-state index >= 15 is 0 Å². The van der Waals surface area contributed by atoms with Crippen LogP contribution in [0.2, 0.25) is 5.02 Å². The average Bonchev–Trinajstić information content (AvgIpc) is 2.57. The van der Waals surface area contributed by atoms with Crippen LogP contribution in [0.15, 0.2) is 18.2 Å². The number of esters is 1. The summed E-state index contributed by atoms with van der Waals surface area (Å²) in [6.07, 6.45) is 5.40. The SMILES string of the molecule is O=C(COC(=O)CC12C[C@@H]3C[C@@H](CC(O)(C3)C1)C2)Nc1cc(Cl)ccc1[N+](=O)[O-]. The van der Waals surface area contributed by atoms with E-state index in [1.54, 1.807) is 0 Å². The van der Waals surface area contributed by atoms with Crippen molar-refractivity contribution < 1.29 is 24.4 Å². The minimum atomic E-state index is -0.673. The first-order valence-electron chi connectivity index (χ1n) is 9.77. The number of aliphatic hydroxyl groups is 1. The van der Waals surface area contributed by atoms with Gasteiger partial charge in [-0.05, 0) is 67.9 Å². The highest BCUT2D eigenvalue weighted by Gasteiger charge is 2.57. The van der Waals surface area contributed by atoms with Crippen molar-refractivity contribution in [1.29, 1.82) is 0 Å². The van der Waals surface area contributed by atoms with Gasteiger partial charge in [-0.2, -0.15) is 0 Å². The minimum absolute atomic E-state index is 0.0492. The number of amides is 1. The number of carbonyl (C=O) groups is 2. The molecule has 0 radical (unpaired) electrons. The molecule has 0 saturated heterocycles. The summed E-state index contributed by atoms with van der Waals surface area (Å²) < 4.78 is 5.14. The van der Waals surface area contributed by atoms with Crippen LogP contribution in [0, 0.1) is 27.4 Å². The van der Waals surface area contributed by atoms with E-state index in [1.807, 2.05) is 0 Å². The van der Waals surface area contributed by atoms with Crippen molar-refractivity contribution in [3.8, 4) is 0 Å². The molecule has 8 nitrogen and oxygen atoms in total. The van der Waals surface area contributed by atoms with E-state index in [-0.39, 0.29) is 28.2 Å². The lowest BCUT2D eigenvalue weighted by Gasteiger charge is -2.60. The lowest BCUT2D eigenvalue weighted by Crippen LogP contribution is -2.56. The third-order valence-electron chi connectivity index (χ3n) is 6.46. The number of carbonyl (C=O) groups excluding carboxylic acids is 2. The number of nitro groups is 1. The summed E-state index contributed by atoms with van der Waals surface area (Å²) in [5.41, 5.74) is -1.24. The predicted octanol–water partition coefficient (Wildman–Crippen LogP) is 3.45. The second-order valence-electron chi connectivity index (χ2n) is 8.99. The van der Waals surface area contributed by atoms with Gasteiger partial charge < -0.3 is 15.2 Å². The summed E-state index contributed by atoms with van der Waals surface area (Å²) >= 11 is 5.84. The number of ether oxygens (including phenoxy) is 1. The number of rotatable bonds is 6. The number of hydrogen-bond acceptors (Lipinski definition) is 6. The third-order valence-corrected chi connectivity index (χ3v) is 6.70. The number of hydrogen-bond donors (Lipinski definition) is 2. The Hall–Kier alpha value is -2.19. The zero-order chi connectivity index (χ0) is 20.8. The van der Waals surface area contributed by atoms with Gasteiger partial charge in [0, 0.05) is 11.1 Å². The van der Waals surface area contributed by atoms with Crippen LogP contribution in [-0.4, -0.2) is 34.1 Å². The number of halogens is 1. The summed E-state index contributed by atoms with van der Waals surface area (Å²) in [6, 6.07) is 3.83. The number of nitrogens with one attached hydrogen (secondary N) is 1. The maximum Gasteiger partial charge on any atom is 0.306 e. The fourth-order valence-corrected chi connectivity index (χ4v) is 6.24. The summed E-state index contributed by atoms with van der Waals surface area (Å²) in [7, 11) is 0. The minimum Gasteiger partial charge on any atom is -0.456 e. The van der Waals surface area contributed by atoms with E-state index in [0.29, 0.717) is 18.3 Å². The first kappa shape index (κ1) is 20.1. The second-order valence-corrected chi connectivity index (χ2v) is 9.43. The third kappa shape index (κ3) is 4.23. The Bertz CT molecular complexity index is 859. The van der Waals surface area contributed by atoms with Crippen molar-refractivity contribution >= 4 is 34.9 Å². The maximum absolute atomic E-state index is 12.4. The Morgan fingerprint density at radius 3 is 2.59 bits per heavy atom. The fourth-order valence-electron chi connectivity index (χ4n) is 6.07. The predicted molar refractivity (Wildman–Crippen MR) is 104 cm³/mol. The van der Waals surface area contributed by atoms with E-state index in [2.05, 4.69) is 5.32 Å². The van der Waals surface area contributed by atoms with Crippen molar-refractivity contribution in [3.63, 3.8) is 0 Å². The molecule has 4 atom stereocenters. The molecule has 0 spiro atoms. The van der Waals surface area contributed by atoms with Gasteiger partial charge in [0.25, 0.3) is 11.6 Å². The van der Waals surface area contributed by atoms with Crippen LogP contribution < -0.4 is 5.32 Å². The highest BCUT2D eigenvalue weighted by molar-refractivity contribution is 6.31. The molecule has 0 aromatic heterocycles. The van der Waals surface area contributed by atoms with Crippen LogP contribution >= 0.6 is 11.6 Å². The van der Waals surface area contributed by atoms with Gasteiger partial charge in [0.05, 0.1) is 16.9 Å². The fraction of sp³-hybridized carbons (Fsp3) is 0.600. The number of nitro benzene ring substituents is 1. The zero-order valence-electron chi connectivity index (χ0n) is 15.9. The van der Waals surface area contributed by atoms with Gasteiger partial charge in [0.1, 0.15) is 5.69 Å². The molecule has 4 aliphatic carbocycles. The molecular weight excluding hydrogens is 400 g/mol. The van der Waals surface area contributed by atoms with Crippen molar-refractivity contribution in [1.82, 2.24) is 0 Å². The Balaban J connectivity index is 1.33. The van der Waals surface area contributed by atoms with E-state index < -0.39 is 29.0 Å². The molecule has 156 valence electrons. The van der Waals surface area contributed by atoms with Crippen molar-refractivity contribution in [2.24, 2.45) is 17.3 Å². The smallest absolute Gasteiger partial charge is 0.306 e. The standard InChI is InChI=1S/C20H23ClN2O6/c21-14-1-2-16(23(27)28)15(4-14)22-17(24)10-29-18(25)9-19-5-12-3-13(6-19)8-20(26,7-12)11-19/h1-2,4,12-13,26H,3,5-11H2,(H,22,24)/t12-,13+,19?,20?. The summed E-state index contributed by atoms with van der Waals surface area (Å²) in [6.45, 7) is -0.532. The quantitative estimate of drug-likeness (QED) is 0.411. The topological polar surface area (TPSA) is 119 Å². The zero-order valence-corrected chi connectivity index (χ0v) is 16.6. The second kappa shape index (κ2) is 7.25. The van der Waals surface area contributed by atoms with Gasteiger partial charge >= 0.3 is 5.97 Å². The molecule has 4 saturated carbocycles. The van der Waals surface area contributed by atoms with E-state index in [4.69, 9.17) is 16.3 Å². The van der Waals surface area contributed by atoms with Crippen LogP contribution in [-0.2, 0) is 14.3 Å². The lowest BCUT2D eigenvalue weighted by atomic mass is 9.47. The van der Waals surface area contributed by atoms with Crippen LogP contribution in [0.3, 0.4) is 0 Å². The molecular formula is C20H23ClN2O6. The molecule has 0 heterocycles. The van der Waals surface area contributed by atoms with Crippen molar-refractivity contribution in [2.45, 2.75) is 50.5 Å². The van der Waals surface area contributed by atoms with Gasteiger partial charge in [0.15, 0.2) is 6.61 Å². The van der Waals surface area contributed by atoms with Crippen LogP contribution in [0.5, 0.6) is 0 Å². The van der Waals surface area contributed by atoms with Crippen molar-refractivity contribution in [2.75, 3.05) is 11.9 Å². The lowest BCUT2D eigenvalue weighted by molar-refractivity contribution is -0.383. The molecule has 1 amide bonds. The summed E-state index contributed by atoms with van der Waals surface area (Å²) in [5, 5.41) is 24.4. The highest BCUT2D eigenvalue weighted by Crippen LogP contribution is 2.62. The Kier molecular flexibility index (Phi) is 5.02. The molecule has 2 unspecified atom stereocenters. The monoisotopic (exact) mass is 422 g/mol.